The molecule has 4 aromatic rings. The number of thiazole rings is 1. The van der Waals surface area contributed by atoms with Crippen LogP contribution in [0.5, 0.6) is 0 Å². The van der Waals surface area contributed by atoms with Crippen molar-refractivity contribution in [1.29, 1.82) is 0 Å². The average Bonchev–Trinajstić information content (AvgIpc) is 3.29. The number of carbonyl (C=O) groups is 1. The highest BCUT2D eigenvalue weighted by atomic mass is 79.9. The van der Waals surface area contributed by atoms with Crippen LogP contribution in [-0.4, -0.2) is 10.9 Å². The van der Waals surface area contributed by atoms with Gasteiger partial charge in [0.1, 0.15) is 0 Å². The number of halogens is 2. The van der Waals surface area contributed by atoms with Gasteiger partial charge in [0.25, 0.3) is 5.91 Å². The minimum absolute atomic E-state index is 0.160. The van der Waals surface area contributed by atoms with E-state index in [2.05, 4.69) is 78.6 Å². The van der Waals surface area contributed by atoms with Gasteiger partial charge in [-0.25, -0.2) is 4.98 Å². The number of hydrogen-bond donors (Lipinski definition) is 1. The van der Waals surface area contributed by atoms with Crippen LogP contribution in [0, 0.1) is 0 Å². The minimum atomic E-state index is -0.160. The van der Waals surface area contributed by atoms with Gasteiger partial charge in [-0.15, -0.1) is 22.7 Å². The van der Waals surface area contributed by atoms with Crippen LogP contribution < -0.4 is 5.32 Å². The van der Waals surface area contributed by atoms with E-state index in [9.17, 15) is 4.79 Å². The van der Waals surface area contributed by atoms with Gasteiger partial charge in [0.15, 0.2) is 5.13 Å². The third-order valence-corrected chi connectivity index (χ3v) is 7.89. The van der Waals surface area contributed by atoms with Gasteiger partial charge in [-0.3, -0.25) is 10.1 Å². The van der Waals surface area contributed by atoms with E-state index in [1.54, 1.807) is 6.07 Å². The molecule has 2 aromatic heterocycles. The van der Waals surface area contributed by atoms with Gasteiger partial charge in [-0.05, 0) is 49.1 Å². The summed E-state index contributed by atoms with van der Waals surface area (Å²) in [6, 6.07) is 20.3. The first-order valence-corrected chi connectivity index (χ1v) is 11.3. The second-order valence-electron chi connectivity index (χ2n) is 5.67. The molecule has 2 heterocycles. The Balaban J connectivity index is 1.50. The summed E-state index contributed by atoms with van der Waals surface area (Å²) in [4.78, 5) is 17.5. The number of rotatable bonds is 4. The summed E-state index contributed by atoms with van der Waals surface area (Å²) in [5, 5.41) is 5.40. The van der Waals surface area contributed by atoms with Crippen molar-refractivity contribution >= 4 is 65.6 Å². The summed E-state index contributed by atoms with van der Waals surface area (Å²) in [5.41, 5.74) is 4.22. The standard InChI is InChI=1S/C20H12Br2N2OS2/c21-15-10-17(27-18(15)22)19(25)24-20-23-16(11-26-20)14-8-6-13(7-9-14)12-4-2-1-3-5-12/h1-11H,(H,23,24,25). The molecule has 0 aliphatic carbocycles. The molecule has 0 radical (unpaired) electrons. The zero-order valence-electron chi connectivity index (χ0n) is 13.8. The van der Waals surface area contributed by atoms with Crippen LogP contribution >= 0.6 is 54.5 Å². The molecule has 7 heteroatoms. The molecule has 1 amide bonds. The molecule has 134 valence electrons. The lowest BCUT2D eigenvalue weighted by atomic mass is 10.0. The maximum atomic E-state index is 12.4. The molecule has 0 saturated heterocycles. The number of benzene rings is 2. The van der Waals surface area contributed by atoms with Crippen molar-refractivity contribution in [2.24, 2.45) is 0 Å². The highest BCUT2D eigenvalue weighted by Crippen LogP contribution is 2.33. The largest absolute Gasteiger partial charge is 0.297 e. The lowest BCUT2D eigenvalue weighted by Crippen LogP contribution is -2.09. The van der Waals surface area contributed by atoms with Gasteiger partial charge in [0, 0.05) is 15.4 Å². The Labute approximate surface area is 181 Å². The molecule has 1 N–H and O–H groups in total. The maximum Gasteiger partial charge on any atom is 0.267 e. The molecule has 0 fully saturated rings. The van der Waals surface area contributed by atoms with Crippen molar-refractivity contribution in [3.63, 3.8) is 0 Å². The van der Waals surface area contributed by atoms with E-state index >= 15 is 0 Å². The van der Waals surface area contributed by atoms with E-state index in [4.69, 9.17) is 0 Å². The normalized spacial score (nSPS) is 10.7. The third kappa shape index (κ3) is 4.21. The van der Waals surface area contributed by atoms with Crippen molar-refractivity contribution in [2.45, 2.75) is 0 Å². The Morgan fingerprint density at radius 2 is 1.59 bits per heavy atom. The Morgan fingerprint density at radius 3 is 2.26 bits per heavy atom. The van der Waals surface area contributed by atoms with Crippen LogP contribution in [0.2, 0.25) is 0 Å². The molecular weight excluding hydrogens is 508 g/mol. The minimum Gasteiger partial charge on any atom is -0.297 e. The molecule has 0 unspecified atom stereocenters. The molecule has 0 bridgehead atoms. The number of amides is 1. The van der Waals surface area contributed by atoms with Crippen LogP contribution in [0.1, 0.15) is 9.67 Å². The van der Waals surface area contributed by atoms with E-state index in [-0.39, 0.29) is 5.91 Å². The van der Waals surface area contributed by atoms with Gasteiger partial charge in [0.2, 0.25) is 0 Å². The van der Waals surface area contributed by atoms with E-state index in [1.165, 1.54) is 28.2 Å². The summed E-state index contributed by atoms with van der Waals surface area (Å²) in [7, 11) is 0. The van der Waals surface area contributed by atoms with Gasteiger partial charge < -0.3 is 0 Å². The summed E-state index contributed by atoms with van der Waals surface area (Å²) in [5.74, 6) is -0.160. The fourth-order valence-electron chi connectivity index (χ4n) is 2.54. The number of carbonyl (C=O) groups excluding carboxylic acids is 1. The summed E-state index contributed by atoms with van der Waals surface area (Å²) < 4.78 is 1.77. The third-order valence-electron chi connectivity index (χ3n) is 3.88. The lowest BCUT2D eigenvalue weighted by Gasteiger charge is -2.03. The zero-order valence-corrected chi connectivity index (χ0v) is 18.6. The van der Waals surface area contributed by atoms with Gasteiger partial charge in [-0.1, -0.05) is 54.6 Å². The van der Waals surface area contributed by atoms with Crippen molar-refractivity contribution in [2.75, 3.05) is 5.32 Å². The molecule has 0 spiro atoms. The lowest BCUT2D eigenvalue weighted by molar-refractivity contribution is 0.103. The molecule has 2 aromatic carbocycles. The Hall–Kier alpha value is -1.80. The Morgan fingerprint density at radius 1 is 0.926 bits per heavy atom. The molecule has 4 rings (SSSR count). The quantitative estimate of drug-likeness (QED) is 0.307. The second-order valence-corrected chi connectivity index (χ2v) is 9.75. The number of nitrogens with one attached hydrogen (secondary N) is 1. The molecule has 0 saturated carbocycles. The smallest absolute Gasteiger partial charge is 0.267 e. The summed E-state index contributed by atoms with van der Waals surface area (Å²) in [6.45, 7) is 0. The van der Waals surface area contributed by atoms with Crippen molar-refractivity contribution in [1.82, 2.24) is 4.98 Å². The van der Waals surface area contributed by atoms with E-state index in [1.807, 2.05) is 23.6 Å². The number of thiophene rings is 1. The van der Waals surface area contributed by atoms with Crippen LogP contribution in [0.3, 0.4) is 0 Å². The van der Waals surface area contributed by atoms with E-state index in [0.717, 1.165) is 25.1 Å². The average molecular weight is 520 g/mol. The van der Waals surface area contributed by atoms with Crippen LogP contribution in [0.15, 0.2) is 74.3 Å². The number of nitrogens with zero attached hydrogens (tertiary/aromatic N) is 1. The number of aromatic nitrogens is 1. The fourth-order valence-corrected chi connectivity index (χ4v) is 5.19. The number of hydrogen-bond acceptors (Lipinski definition) is 4. The highest BCUT2D eigenvalue weighted by molar-refractivity contribution is 9.13. The second kappa shape index (κ2) is 8.06. The van der Waals surface area contributed by atoms with Crippen LogP contribution in [-0.2, 0) is 0 Å². The van der Waals surface area contributed by atoms with Gasteiger partial charge in [0.05, 0.1) is 14.4 Å². The SMILES string of the molecule is O=C(Nc1nc(-c2ccc(-c3ccccc3)cc2)cs1)c1cc(Br)c(Br)s1. The molecular formula is C20H12Br2N2OS2. The Bertz CT molecular complexity index is 1070. The summed E-state index contributed by atoms with van der Waals surface area (Å²) in [6.07, 6.45) is 0. The molecule has 0 aliphatic rings. The van der Waals surface area contributed by atoms with Gasteiger partial charge >= 0.3 is 0 Å². The highest BCUT2D eigenvalue weighted by Gasteiger charge is 2.14. The van der Waals surface area contributed by atoms with E-state index < -0.39 is 0 Å². The molecule has 3 nitrogen and oxygen atoms in total. The van der Waals surface area contributed by atoms with Crippen molar-refractivity contribution in [3.05, 3.63) is 79.2 Å². The molecule has 0 atom stereocenters. The predicted molar refractivity (Wildman–Crippen MR) is 121 cm³/mol. The number of anilines is 1. The maximum absolute atomic E-state index is 12.4. The van der Waals surface area contributed by atoms with E-state index in [0.29, 0.717) is 10.0 Å². The zero-order chi connectivity index (χ0) is 18.8. The first kappa shape index (κ1) is 18.6. The first-order chi connectivity index (χ1) is 13.1. The fraction of sp³-hybridized carbons (Fsp3) is 0. The monoisotopic (exact) mass is 518 g/mol. The van der Waals surface area contributed by atoms with Crippen LogP contribution in [0.4, 0.5) is 5.13 Å². The molecule has 27 heavy (non-hydrogen) atoms. The predicted octanol–water partition coefficient (Wildman–Crippen LogP) is 7.32. The van der Waals surface area contributed by atoms with Gasteiger partial charge in [-0.2, -0.15) is 0 Å². The topological polar surface area (TPSA) is 42.0 Å². The van der Waals surface area contributed by atoms with Crippen molar-refractivity contribution < 1.29 is 4.79 Å². The Kier molecular flexibility index (Phi) is 5.54. The molecule has 0 aliphatic heterocycles. The van der Waals surface area contributed by atoms with Crippen LogP contribution in [0.25, 0.3) is 22.4 Å². The summed E-state index contributed by atoms with van der Waals surface area (Å²) >= 11 is 9.60. The first-order valence-electron chi connectivity index (χ1n) is 7.98. The van der Waals surface area contributed by atoms with Crippen molar-refractivity contribution in [3.8, 4) is 22.4 Å².